The Labute approximate surface area is 87.7 Å². The molecule has 0 aliphatic carbocycles. The van der Waals surface area contributed by atoms with E-state index in [2.05, 4.69) is 0 Å². The number of β-lactam (4-membered cyclic amide) rings is 1. The molecule has 1 saturated heterocycles. The zero-order valence-corrected chi connectivity index (χ0v) is 8.48. The lowest BCUT2D eigenvalue weighted by atomic mass is 10.0. The molecule has 4 heteroatoms. The molecule has 2 rings (SSSR count). The van der Waals surface area contributed by atoms with E-state index in [0.717, 1.165) is 5.56 Å². The maximum absolute atomic E-state index is 13.0. The minimum atomic E-state index is -0.374. The number of carbonyl (C=O) groups is 1. The van der Waals surface area contributed by atoms with Crippen molar-refractivity contribution >= 4 is 5.91 Å². The van der Waals surface area contributed by atoms with Gasteiger partial charge in [0.05, 0.1) is 6.04 Å². The Morgan fingerprint density at radius 3 is 2.87 bits per heavy atom. The van der Waals surface area contributed by atoms with Gasteiger partial charge in [-0.3, -0.25) is 4.79 Å². The Hall–Kier alpha value is -1.42. The molecule has 1 heterocycles. The van der Waals surface area contributed by atoms with Crippen LogP contribution in [0.4, 0.5) is 4.39 Å². The summed E-state index contributed by atoms with van der Waals surface area (Å²) in [5.41, 5.74) is 6.29. The highest BCUT2D eigenvalue weighted by atomic mass is 19.1. The molecule has 2 unspecified atom stereocenters. The number of benzene rings is 1. The fraction of sp³-hybridized carbons (Fsp3) is 0.364. The van der Waals surface area contributed by atoms with Gasteiger partial charge in [-0.25, -0.2) is 4.39 Å². The van der Waals surface area contributed by atoms with Gasteiger partial charge in [0, 0.05) is 6.54 Å². The van der Waals surface area contributed by atoms with Crippen LogP contribution in [0, 0.1) is 5.82 Å². The number of carbonyl (C=O) groups excluding carboxylic acids is 1. The van der Waals surface area contributed by atoms with E-state index in [-0.39, 0.29) is 23.8 Å². The van der Waals surface area contributed by atoms with E-state index in [1.165, 1.54) is 12.1 Å². The molecule has 15 heavy (non-hydrogen) atoms. The van der Waals surface area contributed by atoms with Crippen molar-refractivity contribution in [1.82, 2.24) is 4.90 Å². The van der Waals surface area contributed by atoms with Crippen molar-refractivity contribution in [2.45, 2.75) is 19.0 Å². The Kier molecular flexibility index (Phi) is 2.44. The lowest BCUT2D eigenvalue weighted by Crippen LogP contribution is -2.61. The minimum Gasteiger partial charge on any atom is -0.332 e. The summed E-state index contributed by atoms with van der Waals surface area (Å²) in [5.74, 6) is -0.344. The van der Waals surface area contributed by atoms with E-state index < -0.39 is 0 Å². The Morgan fingerprint density at radius 2 is 2.33 bits per heavy atom. The summed E-state index contributed by atoms with van der Waals surface area (Å²) in [6, 6.07) is 5.81. The number of nitrogens with zero attached hydrogens (tertiary/aromatic N) is 1. The molecule has 3 nitrogen and oxygen atoms in total. The van der Waals surface area contributed by atoms with Crippen LogP contribution in [0.25, 0.3) is 0 Å². The number of halogens is 1. The third-order valence-corrected chi connectivity index (χ3v) is 2.79. The van der Waals surface area contributed by atoms with E-state index in [0.29, 0.717) is 6.54 Å². The van der Waals surface area contributed by atoms with Crippen LogP contribution in [0.2, 0.25) is 0 Å². The first-order valence-electron chi connectivity index (χ1n) is 4.91. The molecular weight excluding hydrogens is 195 g/mol. The van der Waals surface area contributed by atoms with Gasteiger partial charge in [0.1, 0.15) is 11.9 Å². The summed E-state index contributed by atoms with van der Waals surface area (Å²) in [7, 11) is 0. The molecule has 1 aromatic carbocycles. The second-order valence-electron chi connectivity index (χ2n) is 3.83. The van der Waals surface area contributed by atoms with E-state index in [9.17, 15) is 9.18 Å². The average Bonchev–Trinajstić information content (AvgIpc) is 2.24. The maximum Gasteiger partial charge on any atom is 0.241 e. The van der Waals surface area contributed by atoms with Gasteiger partial charge in [0.25, 0.3) is 0 Å². The van der Waals surface area contributed by atoms with Crippen LogP contribution < -0.4 is 5.73 Å². The highest BCUT2D eigenvalue weighted by Crippen LogP contribution is 2.25. The molecule has 2 atom stereocenters. The largest absolute Gasteiger partial charge is 0.332 e. The number of amides is 1. The third-order valence-electron chi connectivity index (χ3n) is 2.79. The molecule has 80 valence electrons. The van der Waals surface area contributed by atoms with Crippen molar-refractivity contribution in [2.24, 2.45) is 5.73 Å². The predicted octanol–water partition coefficient (Wildman–Crippen LogP) is 1.06. The van der Waals surface area contributed by atoms with Crippen molar-refractivity contribution < 1.29 is 9.18 Å². The van der Waals surface area contributed by atoms with Crippen LogP contribution in [0.15, 0.2) is 24.3 Å². The summed E-state index contributed by atoms with van der Waals surface area (Å²) in [6.45, 7) is 2.43. The van der Waals surface area contributed by atoms with Gasteiger partial charge >= 0.3 is 0 Å². The summed E-state index contributed by atoms with van der Waals surface area (Å²) in [5, 5.41) is 0. The van der Waals surface area contributed by atoms with Gasteiger partial charge in [-0.1, -0.05) is 12.1 Å². The van der Waals surface area contributed by atoms with Crippen LogP contribution in [0.5, 0.6) is 0 Å². The Morgan fingerprint density at radius 1 is 1.60 bits per heavy atom. The molecule has 0 saturated carbocycles. The second kappa shape index (κ2) is 3.62. The van der Waals surface area contributed by atoms with Crippen LogP contribution in [0.3, 0.4) is 0 Å². The van der Waals surface area contributed by atoms with Gasteiger partial charge in [-0.05, 0) is 24.6 Å². The number of hydrogen-bond acceptors (Lipinski definition) is 2. The second-order valence-corrected chi connectivity index (χ2v) is 3.83. The zero-order valence-electron chi connectivity index (χ0n) is 8.48. The highest BCUT2D eigenvalue weighted by molar-refractivity contribution is 5.88. The number of rotatable bonds is 2. The third kappa shape index (κ3) is 1.72. The molecular formula is C11H13FN2O. The summed E-state index contributed by atoms with van der Waals surface area (Å²) in [4.78, 5) is 13.0. The molecule has 0 spiro atoms. The summed E-state index contributed by atoms with van der Waals surface area (Å²) < 4.78 is 13.0. The minimum absolute atomic E-state index is 0.0632. The molecule has 0 radical (unpaired) electrons. The zero-order chi connectivity index (χ0) is 11.0. The van der Waals surface area contributed by atoms with Gasteiger partial charge in [0.15, 0.2) is 0 Å². The smallest absolute Gasteiger partial charge is 0.241 e. The van der Waals surface area contributed by atoms with Gasteiger partial charge in [0.2, 0.25) is 5.91 Å². The van der Waals surface area contributed by atoms with Crippen LogP contribution in [0.1, 0.15) is 18.5 Å². The molecule has 2 N–H and O–H groups in total. The summed E-state index contributed by atoms with van der Waals surface area (Å²) in [6.07, 6.45) is 0. The number of hydrogen-bond donors (Lipinski definition) is 1. The van der Waals surface area contributed by atoms with E-state index in [4.69, 9.17) is 5.73 Å². The Bertz CT molecular complexity index is 394. The van der Waals surface area contributed by atoms with Crippen molar-refractivity contribution in [1.29, 1.82) is 0 Å². The monoisotopic (exact) mass is 208 g/mol. The van der Waals surface area contributed by atoms with Crippen molar-refractivity contribution in [3.05, 3.63) is 35.6 Å². The van der Waals surface area contributed by atoms with Crippen LogP contribution >= 0.6 is 0 Å². The maximum atomic E-state index is 13.0. The van der Waals surface area contributed by atoms with Gasteiger partial charge in [-0.2, -0.15) is 0 Å². The van der Waals surface area contributed by atoms with Crippen LogP contribution in [-0.4, -0.2) is 23.4 Å². The SMILES string of the molecule is CC(c1cccc(F)c1)N1CC(N)C1=O. The molecule has 1 aliphatic rings. The quantitative estimate of drug-likeness (QED) is 0.738. The van der Waals surface area contributed by atoms with Gasteiger partial charge in [-0.15, -0.1) is 0 Å². The standard InChI is InChI=1S/C11H13FN2O/c1-7(14-6-10(13)11(14)15)8-3-2-4-9(12)5-8/h2-5,7,10H,6,13H2,1H3. The molecule has 1 aromatic rings. The van der Waals surface area contributed by atoms with Crippen molar-refractivity contribution in [3.63, 3.8) is 0 Å². The Balaban J connectivity index is 2.15. The molecule has 0 bridgehead atoms. The fourth-order valence-corrected chi connectivity index (χ4v) is 1.78. The highest BCUT2D eigenvalue weighted by Gasteiger charge is 2.36. The summed E-state index contributed by atoms with van der Waals surface area (Å²) >= 11 is 0. The number of nitrogens with two attached hydrogens (primary N) is 1. The first-order valence-corrected chi connectivity index (χ1v) is 4.91. The van der Waals surface area contributed by atoms with E-state index in [1.54, 1.807) is 11.0 Å². The first kappa shape index (κ1) is 10.1. The molecule has 1 aliphatic heterocycles. The molecule has 1 fully saturated rings. The first-order chi connectivity index (χ1) is 7.09. The van der Waals surface area contributed by atoms with E-state index >= 15 is 0 Å². The van der Waals surface area contributed by atoms with Crippen molar-refractivity contribution in [2.75, 3.05) is 6.54 Å². The van der Waals surface area contributed by atoms with Crippen LogP contribution in [-0.2, 0) is 4.79 Å². The normalized spacial score (nSPS) is 22.5. The fourth-order valence-electron chi connectivity index (χ4n) is 1.78. The lowest BCUT2D eigenvalue weighted by molar-refractivity contribution is -0.145. The van der Waals surface area contributed by atoms with E-state index in [1.807, 2.05) is 13.0 Å². The number of likely N-dealkylation sites (tertiary alicyclic amines) is 1. The average molecular weight is 208 g/mol. The molecule has 1 amide bonds. The van der Waals surface area contributed by atoms with Gasteiger partial charge < -0.3 is 10.6 Å². The van der Waals surface area contributed by atoms with Crippen molar-refractivity contribution in [3.8, 4) is 0 Å². The molecule has 0 aromatic heterocycles. The lowest BCUT2D eigenvalue weighted by Gasteiger charge is -2.40. The predicted molar refractivity (Wildman–Crippen MR) is 54.5 cm³/mol. The topological polar surface area (TPSA) is 46.3 Å².